The Bertz CT molecular complexity index is 542. The van der Waals surface area contributed by atoms with Crippen molar-refractivity contribution in [2.24, 2.45) is 0 Å². The van der Waals surface area contributed by atoms with Crippen LogP contribution in [0.15, 0.2) is 54.6 Å². The second-order valence-corrected chi connectivity index (χ2v) is 4.81. The fourth-order valence-corrected chi connectivity index (χ4v) is 2.45. The van der Waals surface area contributed by atoms with Gasteiger partial charge in [-0.1, -0.05) is 70.2 Å². The van der Waals surface area contributed by atoms with Gasteiger partial charge in [0, 0.05) is 18.8 Å². The normalized spacial score (nSPS) is 11.4. The Morgan fingerprint density at radius 2 is 1.27 bits per heavy atom. The number of benzene rings is 2. The lowest BCUT2D eigenvalue weighted by atomic mass is 10.1. The molecule has 0 fully saturated rings. The Morgan fingerprint density at radius 1 is 0.818 bits per heavy atom. The molecule has 0 radical (unpaired) electrons. The number of nitrogens with zero attached hydrogens (tertiary/aromatic N) is 1. The largest absolute Gasteiger partial charge is 0.340 e. The summed E-state index contributed by atoms with van der Waals surface area (Å²) >= 11 is 5.46. The van der Waals surface area contributed by atoms with Gasteiger partial charge in [0.25, 0.3) is 0 Å². The maximum absolute atomic E-state index is 5.46. The molecule has 1 heterocycles. The monoisotopic (exact) mass is 314 g/mol. The molecule has 0 bridgehead atoms. The van der Waals surface area contributed by atoms with Crippen LogP contribution >= 0.6 is 12.2 Å². The minimum Gasteiger partial charge on any atom is -0.340 e. The molecule has 0 aliphatic carbocycles. The van der Waals surface area contributed by atoms with Gasteiger partial charge in [0.2, 0.25) is 0 Å². The highest BCUT2D eigenvalue weighted by atomic mass is 32.1. The van der Waals surface area contributed by atoms with E-state index in [1.807, 2.05) is 58.0 Å². The first kappa shape index (κ1) is 18.2. The summed E-state index contributed by atoms with van der Waals surface area (Å²) in [7, 11) is 0. The predicted octanol–water partition coefficient (Wildman–Crippen LogP) is 5.45. The zero-order valence-electron chi connectivity index (χ0n) is 14.0. The highest BCUT2D eigenvalue weighted by Crippen LogP contribution is 2.23. The van der Waals surface area contributed by atoms with Crippen molar-refractivity contribution in [3.05, 3.63) is 65.7 Å². The van der Waals surface area contributed by atoms with Gasteiger partial charge in [-0.05, 0) is 35.5 Å². The molecule has 1 aliphatic rings. The second kappa shape index (κ2) is 9.96. The van der Waals surface area contributed by atoms with Crippen LogP contribution in [0.4, 0.5) is 5.69 Å². The quantitative estimate of drug-likeness (QED) is 0.704. The average Bonchev–Trinajstić information content (AvgIpc) is 3.04. The number of fused-ring (bicyclic) bond motifs is 1. The topological polar surface area (TPSA) is 15.3 Å². The highest BCUT2D eigenvalue weighted by Gasteiger charge is 2.20. The summed E-state index contributed by atoms with van der Waals surface area (Å²) < 4.78 is 0. The summed E-state index contributed by atoms with van der Waals surface area (Å²) in [5, 5.41) is 4.07. The molecule has 0 saturated heterocycles. The van der Waals surface area contributed by atoms with Gasteiger partial charge in [-0.2, -0.15) is 0 Å². The van der Waals surface area contributed by atoms with E-state index in [0.717, 1.165) is 23.9 Å². The summed E-state index contributed by atoms with van der Waals surface area (Å²) in [6, 6.07) is 18.5. The van der Waals surface area contributed by atoms with Crippen molar-refractivity contribution < 1.29 is 0 Å². The second-order valence-electron chi connectivity index (χ2n) is 4.42. The van der Waals surface area contributed by atoms with E-state index in [4.69, 9.17) is 12.2 Å². The van der Waals surface area contributed by atoms with Crippen LogP contribution in [0.1, 0.15) is 38.8 Å². The molecular formula is C19H26N2S. The van der Waals surface area contributed by atoms with Gasteiger partial charge in [-0.25, -0.2) is 0 Å². The smallest absolute Gasteiger partial charge is 0.174 e. The molecule has 1 N–H and O–H groups in total. The molecule has 0 saturated carbocycles. The van der Waals surface area contributed by atoms with Crippen LogP contribution < -0.4 is 5.32 Å². The molecule has 2 aromatic rings. The van der Waals surface area contributed by atoms with Crippen molar-refractivity contribution in [2.75, 3.05) is 5.32 Å². The van der Waals surface area contributed by atoms with Crippen molar-refractivity contribution in [3.63, 3.8) is 0 Å². The summed E-state index contributed by atoms with van der Waals surface area (Å²) in [5.74, 6) is 0. The van der Waals surface area contributed by atoms with Gasteiger partial charge in [0.1, 0.15) is 0 Å². The van der Waals surface area contributed by atoms with Crippen LogP contribution in [-0.2, 0) is 13.1 Å². The first-order valence-electron chi connectivity index (χ1n) is 8.01. The van der Waals surface area contributed by atoms with E-state index in [2.05, 4.69) is 34.5 Å². The number of thiocarbonyl (C=S) groups is 1. The number of nitrogens with one attached hydrogen (secondary N) is 1. The van der Waals surface area contributed by atoms with Gasteiger partial charge in [0.05, 0.1) is 0 Å². The number of anilines is 1. The maximum atomic E-state index is 5.46. The summed E-state index contributed by atoms with van der Waals surface area (Å²) in [4.78, 5) is 2.19. The fraction of sp³-hybridized carbons (Fsp3) is 0.316. The predicted molar refractivity (Wildman–Crippen MR) is 101 cm³/mol. The molecule has 3 heteroatoms. The van der Waals surface area contributed by atoms with Crippen LogP contribution in [0.2, 0.25) is 0 Å². The Kier molecular flexibility index (Phi) is 8.23. The number of para-hydroxylation sites is 1. The zero-order chi connectivity index (χ0) is 16.4. The molecule has 0 amide bonds. The molecule has 0 aromatic heterocycles. The standard InChI is InChI=1S/C15H14N2S.2C2H6/c18-15(16-14-8-2-1-3-9-14)17-10-12-6-4-5-7-13(12)11-17;2*1-2/h1-9H,10-11H2,(H,16,18);2*1-2H3. The first-order chi connectivity index (χ1) is 10.8. The Labute approximate surface area is 140 Å². The van der Waals surface area contributed by atoms with Crippen LogP contribution in [0.5, 0.6) is 0 Å². The molecular weight excluding hydrogens is 288 g/mol. The van der Waals surface area contributed by atoms with Gasteiger partial charge >= 0.3 is 0 Å². The molecule has 0 spiro atoms. The van der Waals surface area contributed by atoms with Crippen molar-refractivity contribution >= 4 is 23.0 Å². The van der Waals surface area contributed by atoms with E-state index < -0.39 is 0 Å². The number of rotatable bonds is 1. The summed E-state index contributed by atoms with van der Waals surface area (Å²) in [5.41, 5.74) is 3.78. The molecule has 2 aromatic carbocycles. The number of hydrogen-bond donors (Lipinski definition) is 1. The number of hydrogen-bond acceptors (Lipinski definition) is 1. The lowest BCUT2D eigenvalue weighted by Crippen LogP contribution is -2.29. The lowest BCUT2D eigenvalue weighted by molar-refractivity contribution is 0.455. The van der Waals surface area contributed by atoms with E-state index in [0.29, 0.717) is 0 Å². The van der Waals surface area contributed by atoms with Gasteiger partial charge in [-0.3, -0.25) is 0 Å². The van der Waals surface area contributed by atoms with E-state index in [1.165, 1.54) is 11.1 Å². The van der Waals surface area contributed by atoms with Crippen LogP contribution in [0.3, 0.4) is 0 Å². The third-order valence-corrected chi connectivity index (χ3v) is 3.51. The SMILES string of the molecule is CC.CC.S=C(Nc1ccccc1)N1Cc2ccccc2C1. The highest BCUT2D eigenvalue weighted by molar-refractivity contribution is 7.80. The summed E-state index contributed by atoms with van der Waals surface area (Å²) in [6.07, 6.45) is 0. The van der Waals surface area contributed by atoms with Crippen LogP contribution in [0, 0.1) is 0 Å². The van der Waals surface area contributed by atoms with Crippen molar-refractivity contribution in [1.29, 1.82) is 0 Å². The molecule has 0 atom stereocenters. The van der Waals surface area contributed by atoms with Crippen molar-refractivity contribution in [2.45, 2.75) is 40.8 Å². The van der Waals surface area contributed by atoms with Crippen molar-refractivity contribution in [1.82, 2.24) is 4.90 Å². The third kappa shape index (κ3) is 4.85. The van der Waals surface area contributed by atoms with Gasteiger partial charge in [-0.15, -0.1) is 0 Å². The molecule has 22 heavy (non-hydrogen) atoms. The lowest BCUT2D eigenvalue weighted by Gasteiger charge is -2.19. The molecule has 2 nitrogen and oxygen atoms in total. The molecule has 1 aliphatic heterocycles. The Morgan fingerprint density at radius 3 is 1.77 bits per heavy atom. The average molecular weight is 314 g/mol. The first-order valence-corrected chi connectivity index (χ1v) is 8.41. The maximum Gasteiger partial charge on any atom is 0.174 e. The van der Waals surface area contributed by atoms with Crippen LogP contribution in [0.25, 0.3) is 0 Å². The molecule has 118 valence electrons. The van der Waals surface area contributed by atoms with E-state index >= 15 is 0 Å². The minimum atomic E-state index is 0.789. The Hall–Kier alpha value is -1.87. The third-order valence-electron chi connectivity index (χ3n) is 3.15. The van der Waals surface area contributed by atoms with Gasteiger partial charge in [0.15, 0.2) is 5.11 Å². The molecule has 0 unspecified atom stereocenters. The van der Waals surface area contributed by atoms with Gasteiger partial charge < -0.3 is 10.2 Å². The van der Waals surface area contributed by atoms with Crippen LogP contribution in [-0.4, -0.2) is 10.0 Å². The Balaban J connectivity index is 0.000000561. The van der Waals surface area contributed by atoms with Crippen molar-refractivity contribution in [3.8, 4) is 0 Å². The van der Waals surface area contributed by atoms with E-state index in [1.54, 1.807) is 0 Å². The molecule has 3 rings (SSSR count). The fourth-order valence-electron chi connectivity index (χ4n) is 2.20. The minimum absolute atomic E-state index is 0.789. The summed E-state index contributed by atoms with van der Waals surface area (Å²) in [6.45, 7) is 9.80. The zero-order valence-corrected chi connectivity index (χ0v) is 14.8. The van der Waals surface area contributed by atoms with E-state index in [-0.39, 0.29) is 0 Å². The van der Waals surface area contributed by atoms with E-state index in [9.17, 15) is 0 Å².